The Morgan fingerprint density at radius 2 is 1.49 bits per heavy atom. The molecule has 5 aromatic rings. The minimum absolute atomic E-state index is 0.159. The summed E-state index contributed by atoms with van der Waals surface area (Å²) >= 11 is 0. The van der Waals surface area contributed by atoms with E-state index in [2.05, 4.69) is 0 Å². The van der Waals surface area contributed by atoms with Crippen molar-refractivity contribution in [3.8, 4) is 28.6 Å². The fourth-order valence-electron chi connectivity index (χ4n) is 3.97. The number of hydrogen-bond donors (Lipinski definition) is 0. The third-order valence-electron chi connectivity index (χ3n) is 5.77. The molecule has 5 rings (SSSR count). The molecule has 0 atom stereocenters. The van der Waals surface area contributed by atoms with Gasteiger partial charge in [0.05, 0.1) is 29.3 Å². The molecular weight excluding hydrogens is 440 g/mol. The van der Waals surface area contributed by atoms with Crippen LogP contribution in [0.4, 0.5) is 0 Å². The van der Waals surface area contributed by atoms with Gasteiger partial charge in [-0.1, -0.05) is 30.3 Å². The maximum atomic E-state index is 13.7. The number of ether oxygens (including phenoxy) is 2. The van der Waals surface area contributed by atoms with E-state index in [4.69, 9.17) is 14.5 Å². The third-order valence-corrected chi connectivity index (χ3v) is 5.77. The summed E-state index contributed by atoms with van der Waals surface area (Å²) in [6.45, 7) is 1.90. The summed E-state index contributed by atoms with van der Waals surface area (Å²) in [4.78, 5) is 30.9. The molecular formula is C29H22N2O4. The summed E-state index contributed by atoms with van der Waals surface area (Å²) in [6, 6.07) is 28.7. The molecule has 172 valence electrons. The van der Waals surface area contributed by atoms with E-state index in [-0.39, 0.29) is 5.56 Å². The van der Waals surface area contributed by atoms with Crippen molar-refractivity contribution in [1.82, 2.24) is 9.55 Å². The van der Waals surface area contributed by atoms with E-state index in [9.17, 15) is 9.59 Å². The van der Waals surface area contributed by atoms with Gasteiger partial charge in [0.1, 0.15) is 17.3 Å². The molecule has 6 nitrogen and oxygen atoms in total. The Bertz CT molecular complexity index is 1570. The standard InChI is InChI=1S/C29H22N2O4/c1-19-7-6-10-25-26(19)28(32)31(22-13-17-23(34-2)18-14-22)27(30-25)20-11-15-24(16-12-20)35-29(33)21-8-4-3-5-9-21/h3-18H,1-2H3. The highest BCUT2D eigenvalue weighted by molar-refractivity contribution is 5.91. The molecule has 0 spiro atoms. The Morgan fingerprint density at radius 1 is 0.800 bits per heavy atom. The molecule has 0 aliphatic carbocycles. The monoisotopic (exact) mass is 462 g/mol. The quantitative estimate of drug-likeness (QED) is 0.252. The van der Waals surface area contributed by atoms with E-state index < -0.39 is 5.97 Å². The van der Waals surface area contributed by atoms with Crippen LogP contribution in [0.3, 0.4) is 0 Å². The zero-order valence-corrected chi connectivity index (χ0v) is 19.3. The van der Waals surface area contributed by atoms with Crippen molar-refractivity contribution in [1.29, 1.82) is 0 Å². The Hall–Kier alpha value is -4.71. The topological polar surface area (TPSA) is 70.4 Å². The number of benzene rings is 4. The van der Waals surface area contributed by atoms with Crippen molar-refractivity contribution in [3.63, 3.8) is 0 Å². The highest BCUT2D eigenvalue weighted by Crippen LogP contribution is 2.26. The molecule has 0 unspecified atom stereocenters. The maximum Gasteiger partial charge on any atom is 0.343 e. The van der Waals surface area contributed by atoms with Crippen LogP contribution in [-0.2, 0) is 0 Å². The number of rotatable bonds is 5. The average molecular weight is 463 g/mol. The highest BCUT2D eigenvalue weighted by atomic mass is 16.5. The van der Waals surface area contributed by atoms with E-state index in [1.165, 1.54) is 0 Å². The van der Waals surface area contributed by atoms with Gasteiger partial charge >= 0.3 is 5.97 Å². The predicted octanol–water partition coefficient (Wildman–Crippen LogP) is 5.59. The summed E-state index contributed by atoms with van der Waals surface area (Å²) in [7, 11) is 1.60. The molecule has 0 bridgehead atoms. The second kappa shape index (κ2) is 9.27. The second-order valence-corrected chi connectivity index (χ2v) is 8.02. The van der Waals surface area contributed by atoms with E-state index in [1.807, 2.05) is 43.3 Å². The first kappa shape index (κ1) is 22.1. The molecule has 0 saturated carbocycles. The van der Waals surface area contributed by atoms with Gasteiger partial charge in [0.25, 0.3) is 5.56 Å². The number of carbonyl (C=O) groups is 1. The molecule has 4 aromatic carbocycles. The van der Waals surface area contributed by atoms with Crippen LogP contribution in [-0.4, -0.2) is 22.6 Å². The molecule has 0 fully saturated rings. The molecule has 0 amide bonds. The maximum absolute atomic E-state index is 13.7. The fourth-order valence-corrected chi connectivity index (χ4v) is 3.97. The summed E-state index contributed by atoms with van der Waals surface area (Å²) < 4.78 is 12.4. The number of carbonyl (C=O) groups excluding carboxylic acids is 1. The zero-order valence-electron chi connectivity index (χ0n) is 19.3. The van der Waals surface area contributed by atoms with Crippen LogP contribution >= 0.6 is 0 Å². The van der Waals surface area contributed by atoms with Gasteiger partial charge in [-0.3, -0.25) is 9.36 Å². The number of hydrogen-bond acceptors (Lipinski definition) is 5. The average Bonchev–Trinajstić information content (AvgIpc) is 2.89. The zero-order chi connectivity index (χ0) is 24.4. The van der Waals surface area contributed by atoms with Crippen LogP contribution < -0.4 is 15.0 Å². The third kappa shape index (κ3) is 4.29. The smallest absolute Gasteiger partial charge is 0.343 e. The van der Waals surface area contributed by atoms with E-state index in [0.717, 1.165) is 5.56 Å². The van der Waals surface area contributed by atoms with Gasteiger partial charge in [-0.2, -0.15) is 0 Å². The minimum Gasteiger partial charge on any atom is -0.497 e. The normalized spacial score (nSPS) is 10.8. The Kier molecular flexibility index (Phi) is 5.85. The molecule has 0 N–H and O–H groups in total. The lowest BCUT2D eigenvalue weighted by Gasteiger charge is -2.15. The lowest BCUT2D eigenvalue weighted by atomic mass is 10.1. The van der Waals surface area contributed by atoms with Crippen LogP contribution in [0.15, 0.2) is 102 Å². The minimum atomic E-state index is -0.437. The molecule has 0 aliphatic rings. The summed E-state index contributed by atoms with van der Waals surface area (Å²) in [5.74, 6) is 1.14. The van der Waals surface area contributed by atoms with Gasteiger partial charge < -0.3 is 9.47 Å². The fraction of sp³-hybridized carbons (Fsp3) is 0.0690. The van der Waals surface area contributed by atoms with Gasteiger partial charge in [0, 0.05) is 5.56 Å². The molecule has 0 aliphatic heterocycles. The molecule has 6 heteroatoms. The van der Waals surface area contributed by atoms with Crippen LogP contribution in [0.5, 0.6) is 11.5 Å². The lowest BCUT2D eigenvalue weighted by molar-refractivity contribution is 0.0735. The van der Waals surface area contributed by atoms with Gasteiger partial charge in [-0.25, -0.2) is 9.78 Å². The van der Waals surface area contributed by atoms with Crippen molar-refractivity contribution in [2.75, 3.05) is 7.11 Å². The Balaban J connectivity index is 1.60. The molecule has 1 heterocycles. The first-order chi connectivity index (χ1) is 17.0. The lowest BCUT2D eigenvalue weighted by Crippen LogP contribution is -2.22. The van der Waals surface area contributed by atoms with E-state index in [1.54, 1.807) is 72.3 Å². The first-order valence-corrected chi connectivity index (χ1v) is 11.1. The van der Waals surface area contributed by atoms with Crippen LogP contribution in [0.2, 0.25) is 0 Å². The van der Waals surface area contributed by atoms with E-state index >= 15 is 0 Å². The largest absolute Gasteiger partial charge is 0.497 e. The summed E-state index contributed by atoms with van der Waals surface area (Å²) in [5, 5.41) is 0.570. The van der Waals surface area contributed by atoms with Gasteiger partial charge in [-0.15, -0.1) is 0 Å². The van der Waals surface area contributed by atoms with Crippen LogP contribution in [0.1, 0.15) is 15.9 Å². The molecule has 1 aromatic heterocycles. The van der Waals surface area contributed by atoms with Crippen molar-refractivity contribution in [2.24, 2.45) is 0 Å². The van der Waals surface area contributed by atoms with Gasteiger partial charge in [0.15, 0.2) is 0 Å². The number of aromatic nitrogens is 2. The number of aryl methyl sites for hydroxylation is 1. The first-order valence-electron chi connectivity index (χ1n) is 11.1. The summed E-state index contributed by atoms with van der Waals surface area (Å²) in [5.41, 5.74) is 3.17. The molecule has 35 heavy (non-hydrogen) atoms. The second-order valence-electron chi connectivity index (χ2n) is 8.02. The van der Waals surface area contributed by atoms with Crippen molar-refractivity contribution < 1.29 is 14.3 Å². The Morgan fingerprint density at radius 3 is 2.17 bits per heavy atom. The van der Waals surface area contributed by atoms with Gasteiger partial charge in [-0.05, 0) is 79.2 Å². The Labute approximate surface area is 202 Å². The van der Waals surface area contributed by atoms with Crippen molar-refractivity contribution in [2.45, 2.75) is 6.92 Å². The highest BCUT2D eigenvalue weighted by Gasteiger charge is 2.16. The number of nitrogens with zero attached hydrogens (tertiary/aromatic N) is 2. The number of methoxy groups -OCH3 is 1. The molecule has 0 radical (unpaired) electrons. The van der Waals surface area contributed by atoms with Crippen LogP contribution in [0, 0.1) is 6.92 Å². The van der Waals surface area contributed by atoms with Crippen LogP contribution in [0.25, 0.3) is 28.0 Å². The summed E-state index contributed by atoms with van der Waals surface area (Å²) in [6.07, 6.45) is 0. The van der Waals surface area contributed by atoms with Crippen molar-refractivity contribution >= 4 is 16.9 Å². The van der Waals surface area contributed by atoms with Gasteiger partial charge in [0.2, 0.25) is 0 Å². The number of fused-ring (bicyclic) bond motifs is 1. The van der Waals surface area contributed by atoms with E-state index in [0.29, 0.717) is 45.0 Å². The molecule has 0 saturated heterocycles. The number of esters is 1. The predicted molar refractivity (Wildman–Crippen MR) is 135 cm³/mol. The van der Waals surface area contributed by atoms with Crippen molar-refractivity contribution in [3.05, 3.63) is 119 Å². The SMILES string of the molecule is COc1ccc(-n2c(-c3ccc(OC(=O)c4ccccc4)cc3)nc3cccc(C)c3c2=O)cc1.